The van der Waals surface area contributed by atoms with Crippen LogP contribution in [-0.4, -0.2) is 6.04 Å². The third-order valence-corrected chi connectivity index (χ3v) is 2.83. The second-order valence-electron chi connectivity index (χ2n) is 2.93. The highest BCUT2D eigenvalue weighted by Gasteiger charge is 2.00. The van der Waals surface area contributed by atoms with Gasteiger partial charge < -0.3 is 5.32 Å². The Morgan fingerprint density at radius 3 is 2.67 bits per heavy atom. The fourth-order valence-electron chi connectivity index (χ4n) is 0.946. The SMILES string of the molecule is CCC(C)Nc1ccccc1I. The first-order valence-corrected chi connectivity index (χ1v) is 5.33. The van der Waals surface area contributed by atoms with Crippen LogP contribution in [0.15, 0.2) is 24.3 Å². The molecule has 0 radical (unpaired) electrons. The molecule has 0 saturated carbocycles. The number of rotatable bonds is 3. The van der Waals surface area contributed by atoms with Crippen molar-refractivity contribution in [1.29, 1.82) is 0 Å². The minimum atomic E-state index is 0.556. The van der Waals surface area contributed by atoms with Crippen LogP contribution in [0.5, 0.6) is 0 Å². The molecule has 1 aromatic rings. The maximum absolute atomic E-state index is 3.45. The third kappa shape index (κ3) is 2.66. The number of hydrogen-bond acceptors (Lipinski definition) is 1. The minimum absolute atomic E-state index is 0.556. The van der Waals surface area contributed by atoms with Gasteiger partial charge in [0.15, 0.2) is 0 Å². The minimum Gasteiger partial charge on any atom is -0.382 e. The molecule has 0 aliphatic rings. The van der Waals surface area contributed by atoms with E-state index in [0.29, 0.717) is 6.04 Å². The molecule has 12 heavy (non-hydrogen) atoms. The van der Waals surface area contributed by atoms with E-state index >= 15 is 0 Å². The molecule has 2 heteroatoms. The normalized spacial score (nSPS) is 12.6. The molecule has 1 aromatic carbocycles. The monoisotopic (exact) mass is 275 g/mol. The lowest BCUT2D eigenvalue weighted by Crippen LogP contribution is -2.13. The average Bonchev–Trinajstić information content (AvgIpc) is 2.09. The van der Waals surface area contributed by atoms with Crippen LogP contribution >= 0.6 is 22.6 Å². The van der Waals surface area contributed by atoms with Crippen LogP contribution in [0.25, 0.3) is 0 Å². The second-order valence-corrected chi connectivity index (χ2v) is 4.10. The van der Waals surface area contributed by atoms with Crippen molar-refractivity contribution in [3.63, 3.8) is 0 Å². The predicted octanol–water partition coefficient (Wildman–Crippen LogP) is 3.50. The summed E-state index contributed by atoms with van der Waals surface area (Å²) in [6.45, 7) is 4.39. The molecule has 1 unspecified atom stereocenters. The highest BCUT2D eigenvalue weighted by Crippen LogP contribution is 2.18. The van der Waals surface area contributed by atoms with Crippen LogP contribution in [0.4, 0.5) is 5.69 Å². The van der Waals surface area contributed by atoms with E-state index in [1.807, 2.05) is 0 Å². The van der Waals surface area contributed by atoms with Gasteiger partial charge in [0.25, 0.3) is 0 Å². The number of benzene rings is 1. The Morgan fingerprint density at radius 2 is 2.08 bits per heavy atom. The lowest BCUT2D eigenvalue weighted by atomic mass is 10.2. The van der Waals surface area contributed by atoms with Crippen molar-refractivity contribution in [2.24, 2.45) is 0 Å². The zero-order valence-corrected chi connectivity index (χ0v) is 9.63. The van der Waals surface area contributed by atoms with Gasteiger partial charge in [-0.15, -0.1) is 0 Å². The Labute approximate surface area is 87.7 Å². The molecule has 0 aliphatic heterocycles. The summed E-state index contributed by atoms with van der Waals surface area (Å²) in [5.74, 6) is 0. The molecule has 1 nitrogen and oxygen atoms in total. The summed E-state index contributed by atoms with van der Waals surface area (Å²) in [5, 5.41) is 3.45. The van der Waals surface area contributed by atoms with Gasteiger partial charge in [0.05, 0.1) is 0 Å². The standard InChI is InChI=1S/C10H14IN/c1-3-8(2)12-10-7-5-4-6-9(10)11/h4-8,12H,3H2,1-2H3. The lowest BCUT2D eigenvalue weighted by molar-refractivity contribution is 0.763. The van der Waals surface area contributed by atoms with Crippen LogP contribution in [-0.2, 0) is 0 Å². The maximum Gasteiger partial charge on any atom is 0.0477 e. The average molecular weight is 275 g/mol. The van der Waals surface area contributed by atoms with Gasteiger partial charge in [0.2, 0.25) is 0 Å². The Balaban J connectivity index is 2.69. The zero-order chi connectivity index (χ0) is 8.97. The summed E-state index contributed by atoms with van der Waals surface area (Å²) in [7, 11) is 0. The van der Waals surface area contributed by atoms with Crippen molar-refractivity contribution in [1.82, 2.24) is 0 Å². The topological polar surface area (TPSA) is 12.0 Å². The maximum atomic E-state index is 3.45. The van der Waals surface area contributed by atoms with E-state index in [-0.39, 0.29) is 0 Å². The van der Waals surface area contributed by atoms with Gasteiger partial charge in [-0.25, -0.2) is 0 Å². The highest BCUT2D eigenvalue weighted by molar-refractivity contribution is 14.1. The summed E-state index contributed by atoms with van der Waals surface area (Å²) in [5.41, 5.74) is 1.24. The number of anilines is 1. The van der Waals surface area contributed by atoms with Crippen molar-refractivity contribution in [2.75, 3.05) is 5.32 Å². The Morgan fingerprint density at radius 1 is 1.42 bits per heavy atom. The smallest absolute Gasteiger partial charge is 0.0477 e. The second kappa shape index (κ2) is 4.70. The zero-order valence-electron chi connectivity index (χ0n) is 7.47. The quantitative estimate of drug-likeness (QED) is 0.832. The first kappa shape index (κ1) is 9.84. The Bertz CT molecular complexity index is 247. The summed E-state index contributed by atoms with van der Waals surface area (Å²) in [4.78, 5) is 0. The molecule has 0 amide bonds. The van der Waals surface area contributed by atoms with Crippen LogP contribution < -0.4 is 5.32 Å². The summed E-state index contributed by atoms with van der Waals surface area (Å²) >= 11 is 2.35. The molecule has 0 fully saturated rings. The van der Waals surface area contributed by atoms with Gasteiger partial charge in [-0.1, -0.05) is 19.1 Å². The van der Waals surface area contributed by atoms with E-state index in [4.69, 9.17) is 0 Å². The molecule has 1 atom stereocenters. The molecule has 0 bridgehead atoms. The predicted molar refractivity (Wildman–Crippen MR) is 62.5 cm³/mol. The van der Waals surface area contributed by atoms with Gasteiger partial charge in [-0.2, -0.15) is 0 Å². The number of hydrogen-bond donors (Lipinski definition) is 1. The van der Waals surface area contributed by atoms with Crippen molar-refractivity contribution < 1.29 is 0 Å². The molecule has 0 aliphatic carbocycles. The largest absolute Gasteiger partial charge is 0.382 e. The number of nitrogens with one attached hydrogen (secondary N) is 1. The Hall–Kier alpha value is -0.250. The summed E-state index contributed by atoms with van der Waals surface area (Å²) in [6, 6.07) is 8.91. The Kier molecular flexibility index (Phi) is 3.85. The van der Waals surface area contributed by atoms with Crippen LogP contribution in [0, 0.1) is 3.57 Å². The van der Waals surface area contributed by atoms with Gasteiger partial charge in [-0.05, 0) is 48.1 Å². The van der Waals surface area contributed by atoms with Gasteiger partial charge in [0, 0.05) is 15.3 Å². The van der Waals surface area contributed by atoms with Crippen molar-refractivity contribution in [2.45, 2.75) is 26.3 Å². The molecule has 1 rings (SSSR count). The summed E-state index contributed by atoms with van der Waals surface area (Å²) in [6.07, 6.45) is 1.16. The van der Waals surface area contributed by atoms with Gasteiger partial charge >= 0.3 is 0 Å². The van der Waals surface area contributed by atoms with Gasteiger partial charge in [-0.3, -0.25) is 0 Å². The molecular weight excluding hydrogens is 261 g/mol. The van der Waals surface area contributed by atoms with Crippen molar-refractivity contribution >= 4 is 28.3 Å². The fraction of sp³-hybridized carbons (Fsp3) is 0.400. The van der Waals surface area contributed by atoms with E-state index in [0.717, 1.165) is 6.42 Å². The van der Waals surface area contributed by atoms with Crippen molar-refractivity contribution in [3.8, 4) is 0 Å². The third-order valence-electron chi connectivity index (χ3n) is 1.89. The van der Waals surface area contributed by atoms with Crippen molar-refractivity contribution in [3.05, 3.63) is 27.8 Å². The molecule has 0 heterocycles. The van der Waals surface area contributed by atoms with Gasteiger partial charge in [0.1, 0.15) is 0 Å². The summed E-state index contributed by atoms with van der Waals surface area (Å²) < 4.78 is 1.29. The van der Waals surface area contributed by atoms with E-state index in [1.54, 1.807) is 0 Å². The molecule has 66 valence electrons. The van der Waals surface area contributed by atoms with E-state index in [2.05, 4.69) is 66.0 Å². The molecule has 0 aromatic heterocycles. The van der Waals surface area contributed by atoms with Crippen LogP contribution in [0.1, 0.15) is 20.3 Å². The first-order valence-electron chi connectivity index (χ1n) is 4.25. The fourth-order valence-corrected chi connectivity index (χ4v) is 1.49. The molecule has 0 spiro atoms. The lowest BCUT2D eigenvalue weighted by Gasteiger charge is -2.13. The molecular formula is C10H14IN. The van der Waals surface area contributed by atoms with E-state index in [1.165, 1.54) is 9.26 Å². The first-order chi connectivity index (χ1) is 5.74. The number of halogens is 1. The molecule has 0 saturated heterocycles. The molecule has 1 N–H and O–H groups in total. The van der Waals surface area contributed by atoms with E-state index < -0.39 is 0 Å². The highest BCUT2D eigenvalue weighted by atomic mass is 127. The number of para-hydroxylation sites is 1. The van der Waals surface area contributed by atoms with Crippen LogP contribution in [0.2, 0.25) is 0 Å². The van der Waals surface area contributed by atoms with Crippen LogP contribution in [0.3, 0.4) is 0 Å². The van der Waals surface area contributed by atoms with E-state index in [9.17, 15) is 0 Å².